The topological polar surface area (TPSA) is 108 Å². The molecule has 15 heavy (non-hydrogen) atoms. The molecule has 0 unspecified atom stereocenters. The molecule has 0 heterocycles. The largest absolute Gasteiger partial charge is 0.370 e. The number of rotatable bonds is 3. The van der Waals surface area contributed by atoms with Crippen molar-refractivity contribution in [1.82, 2.24) is 0 Å². The summed E-state index contributed by atoms with van der Waals surface area (Å²) in [4.78, 5) is 13.9. The lowest BCUT2D eigenvalue weighted by Gasteiger charge is -2.02. The van der Waals surface area contributed by atoms with Crippen molar-refractivity contribution in [3.8, 4) is 0 Å². The Labute approximate surface area is 86.8 Å². The van der Waals surface area contributed by atoms with Gasteiger partial charge in [0.15, 0.2) is 5.96 Å². The molecular formula is C9H12N4O2. The first-order valence-electron chi connectivity index (χ1n) is 4.30. The summed E-state index contributed by atoms with van der Waals surface area (Å²) in [6.07, 6.45) is 0. The van der Waals surface area contributed by atoms with Crippen LogP contribution in [0.15, 0.2) is 23.2 Å². The average molecular weight is 208 g/mol. The lowest BCUT2D eigenvalue weighted by molar-refractivity contribution is -0.384. The van der Waals surface area contributed by atoms with Gasteiger partial charge < -0.3 is 11.5 Å². The standard InChI is InChI=1S/C9H12N4O2/c1-6-4-8(13(14)15)3-2-7(6)5-12-9(10)11/h2-4H,5H2,1H3,(H4,10,11,12). The molecule has 80 valence electrons. The van der Waals surface area contributed by atoms with Crippen LogP contribution < -0.4 is 11.5 Å². The highest BCUT2D eigenvalue weighted by atomic mass is 16.6. The van der Waals surface area contributed by atoms with Crippen molar-refractivity contribution >= 4 is 11.6 Å². The van der Waals surface area contributed by atoms with E-state index in [9.17, 15) is 10.1 Å². The van der Waals surface area contributed by atoms with Crippen LogP contribution in [0.4, 0.5) is 5.69 Å². The summed E-state index contributed by atoms with van der Waals surface area (Å²) in [6.45, 7) is 2.12. The molecule has 0 aromatic heterocycles. The Balaban J connectivity index is 2.93. The highest BCUT2D eigenvalue weighted by Crippen LogP contribution is 2.17. The number of nitro benzene ring substituents is 1. The minimum absolute atomic E-state index is 0.00718. The second kappa shape index (κ2) is 4.41. The molecule has 0 saturated heterocycles. The molecule has 6 nitrogen and oxygen atoms in total. The van der Waals surface area contributed by atoms with E-state index >= 15 is 0 Å². The van der Waals surface area contributed by atoms with Gasteiger partial charge in [-0.05, 0) is 18.1 Å². The Morgan fingerprint density at radius 1 is 1.53 bits per heavy atom. The molecule has 0 radical (unpaired) electrons. The highest BCUT2D eigenvalue weighted by Gasteiger charge is 2.07. The summed E-state index contributed by atoms with van der Waals surface area (Å²) in [5.74, 6) is 0.00718. The van der Waals surface area contributed by atoms with Gasteiger partial charge in [0.05, 0.1) is 11.5 Å². The van der Waals surface area contributed by atoms with E-state index < -0.39 is 4.92 Å². The van der Waals surface area contributed by atoms with Gasteiger partial charge in [-0.25, -0.2) is 4.99 Å². The Hall–Kier alpha value is -2.11. The number of guanidine groups is 1. The molecule has 0 saturated carbocycles. The van der Waals surface area contributed by atoms with Gasteiger partial charge in [0, 0.05) is 12.1 Å². The van der Waals surface area contributed by atoms with E-state index in [2.05, 4.69) is 4.99 Å². The molecule has 0 atom stereocenters. The van der Waals surface area contributed by atoms with Gasteiger partial charge >= 0.3 is 0 Å². The predicted octanol–water partition coefficient (Wildman–Crippen LogP) is 0.677. The van der Waals surface area contributed by atoms with Crippen LogP contribution in [0.1, 0.15) is 11.1 Å². The Morgan fingerprint density at radius 3 is 2.67 bits per heavy atom. The summed E-state index contributed by atoms with van der Waals surface area (Å²) in [6, 6.07) is 4.59. The zero-order chi connectivity index (χ0) is 11.4. The molecule has 0 amide bonds. The fourth-order valence-electron chi connectivity index (χ4n) is 1.15. The lowest BCUT2D eigenvalue weighted by Crippen LogP contribution is -2.22. The second-order valence-electron chi connectivity index (χ2n) is 3.11. The van der Waals surface area contributed by atoms with Crippen LogP contribution in [0.2, 0.25) is 0 Å². The maximum absolute atomic E-state index is 10.5. The van der Waals surface area contributed by atoms with Crippen LogP contribution in [0.5, 0.6) is 0 Å². The van der Waals surface area contributed by atoms with E-state index in [4.69, 9.17) is 11.5 Å². The van der Waals surface area contributed by atoms with E-state index in [-0.39, 0.29) is 11.6 Å². The van der Waals surface area contributed by atoms with Crippen molar-refractivity contribution < 1.29 is 4.92 Å². The fraction of sp³-hybridized carbons (Fsp3) is 0.222. The summed E-state index contributed by atoms with van der Waals surface area (Å²) in [5.41, 5.74) is 12.1. The van der Waals surface area contributed by atoms with Crippen LogP contribution >= 0.6 is 0 Å². The Bertz CT molecular complexity index is 411. The minimum atomic E-state index is -0.433. The number of aliphatic imine (C=N–C) groups is 1. The number of nitrogens with zero attached hydrogens (tertiary/aromatic N) is 2. The van der Waals surface area contributed by atoms with E-state index in [0.29, 0.717) is 6.54 Å². The first-order valence-corrected chi connectivity index (χ1v) is 4.30. The van der Waals surface area contributed by atoms with Crippen LogP contribution in [0, 0.1) is 17.0 Å². The number of nitro groups is 1. The number of benzene rings is 1. The Morgan fingerprint density at radius 2 is 2.20 bits per heavy atom. The monoisotopic (exact) mass is 208 g/mol. The van der Waals surface area contributed by atoms with Gasteiger partial charge in [-0.2, -0.15) is 0 Å². The third kappa shape index (κ3) is 2.94. The number of hydrogen-bond acceptors (Lipinski definition) is 3. The smallest absolute Gasteiger partial charge is 0.269 e. The van der Waals surface area contributed by atoms with Crippen LogP contribution in [-0.2, 0) is 6.54 Å². The summed E-state index contributed by atoms with van der Waals surface area (Å²) in [5, 5.41) is 10.5. The quantitative estimate of drug-likeness (QED) is 0.329. The SMILES string of the molecule is Cc1cc([N+](=O)[O-])ccc1CN=C(N)N. The summed E-state index contributed by atoms with van der Waals surface area (Å²) < 4.78 is 0. The molecule has 1 aromatic rings. The van der Waals surface area contributed by atoms with Crippen LogP contribution in [0.3, 0.4) is 0 Å². The minimum Gasteiger partial charge on any atom is -0.370 e. The molecule has 0 bridgehead atoms. The molecule has 1 aromatic carbocycles. The van der Waals surface area contributed by atoms with Crippen LogP contribution in [-0.4, -0.2) is 10.9 Å². The highest BCUT2D eigenvalue weighted by molar-refractivity contribution is 5.75. The number of nitrogens with two attached hydrogens (primary N) is 2. The van der Waals surface area contributed by atoms with E-state index in [1.165, 1.54) is 12.1 Å². The fourth-order valence-corrected chi connectivity index (χ4v) is 1.15. The molecule has 0 aliphatic rings. The van der Waals surface area contributed by atoms with Crippen molar-refractivity contribution in [3.63, 3.8) is 0 Å². The first kappa shape index (κ1) is 11.0. The molecule has 0 spiro atoms. The van der Waals surface area contributed by atoms with Crippen molar-refractivity contribution in [2.45, 2.75) is 13.5 Å². The van der Waals surface area contributed by atoms with Gasteiger partial charge in [-0.1, -0.05) is 6.07 Å². The third-order valence-corrected chi connectivity index (χ3v) is 1.97. The van der Waals surface area contributed by atoms with Gasteiger partial charge in [0.1, 0.15) is 0 Å². The first-order chi connectivity index (χ1) is 7.00. The van der Waals surface area contributed by atoms with Crippen LogP contribution in [0.25, 0.3) is 0 Å². The average Bonchev–Trinajstić information content (AvgIpc) is 2.15. The molecule has 0 aliphatic carbocycles. The molecular weight excluding hydrogens is 196 g/mol. The summed E-state index contributed by atoms with van der Waals surface area (Å²) >= 11 is 0. The number of hydrogen-bond donors (Lipinski definition) is 2. The maximum atomic E-state index is 10.5. The zero-order valence-corrected chi connectivity index (χ0v) is 8.30. The van der Waals surface area contributed by atoms with E-state index in [0.717, 1.165) is 11.1 Å². The molecule has 0 fully saturated rings. The van der Waals surface area contributed by atoms with E-state index in [1.807, 2.05) is 0 Å². The number of non-ortho nitro benzene ring substituents is 1. The van der Waals surface area contributed by atoms with Gasteiger partial charge in [-0.15, -0.1) is 0 Å². The van der Waals surface area contributed by atoms with Crippen molar-refractivity contribution in [2.75, 3.05) is 0 Å². The summed E-state index contributed by atoms with van der Waals surface area (Å²) in [7, 11) is 0. The van der Waals surface area contributed by atoms with Crippen molar-refractivity contribution in [2.24, 2.45) is 16.5 Å². The predicted molar refractivity (Wildman–Crippen MR) is 57.3 cm³/mol. The number of aryl methyl sites for hydroxylation is 1. The normalized spacial score (nSPS) is 9.67. The van der Waals surface area contributed by atoms with Crippen molar-refractivity contribution in [3.05, 3.63) is 39.4 Å². The maximum Gasteiger partial charge on any atom is 0.269 e. The van der Waals surface area contributed by atoms with Gasteiger partial charge in [0.2, 0.25) is 0 Å². The Kier molecular flexibility index (Phi) is 3.22. The van der Waals surface area contributed by atoms with Gasteiger partial charge in [0.25, 0.3) is 5.69 Å². The molecule has 1 rings (SSSR count). The van der Waals surface area contributed by atoms with Crippen molar-refractivity contribution in [1.29, 1.82) is 0 Å². The van der Waals surface area contributed by atoms with E-state index in [1.54, 1.807) is 13.0 Å². The molecule has 6 heteroatoms. The molecule has 4 N–H and O–H groups in total. The third-order valence-electron chi connectivity index (χ3n) is 1.97. The zero-order valence-electron chi connectivity index (χ0n) is 8.30. The van der Waals surface area contributed by atoms with Gasteiger partial charge in [-0.3, -0.25) is 10.1 Å². The lowest BCUT2D eigenvalue weighted by atomic mass is 10.1. The second-order valence-corrected chi connectivity index (χ2v) is 3.11. The molecule has 0 aliphatic heterocycles.